The molecule has 0 spiro atoms. The zero-order chi connectivity index (χ0) is 10.4. The van der Waals surface area contributed by atoms with Crippen LogP contribution in [0.15, 0.2) is 11.8 Å². The van der Waals surface area contributed by atoms with Crippen molar-refractivity contribution in [1.82, 2.24) is 10.6 Å². The van der Waals surface area contributed by atoms with Gasteiger partial charge in [0, 0.05) is 19.4 Å². The largest absolute Gasteiger partial charge is 0.376 e. The molecule has 1 atom stereocenters. The van der Waals surface area contributed by atoms with Gasteiger partial charge in [-0.15, -0.1) is 0 Å². The smallest absolute Gasteiger partial charge is 0.318 e. The van der Waals surface area contributed by atoms with Crippen LogP contribution in [0.1, 0.15) is 26.7 Å². The van der Waals surface area contributed by atoms with Crippen LogP contribution in [0.2, 0.25) is 0 Å². The van der Waals surface area contributed by atoms with Crippen molar-refractivity contribution in [2.45, 2.75) is 32.8 Å². The van der Waals surface area contributed by atoms with E-state index >= 15 is 0 Å². The predicted molar refractivity (Wildman–Crippen MR) is 54.9 cm³/mol. The lowest BCUT2D eigenvalue weighted by Gasteiger charge is -2.10. The number of amides is 2. The third kappa shape index (κ3) is 4.28. The molecule has 0 radical (unpaired) electrons. The number of nitrogens with one attached hydrogen (secondary N) is 2. The van der Waals surface area contributed by atoms with E-state index in [1.165, 1.54) is 0 Å². The first kappa shape index (κ1) is 11.0. The van der Waals surface area contributed by atoms with Gasteiger partial charge in [-0.25, -0.2) is 4.79 Å². The van der Waals surface area contributed by atoms with E-state index in [0.29, 0.717) is 6.54 Å². The van der Waals surface area contributed by atoms with Gasteiger partial charge in [0.2, 0.25) is 0 Å². The van der Waals surface area contributed by atoms with Gasteiger partial charge in [-0.2, -0.15) is 0 Å². The molecule has 14 heavy (non-hydrogen) atoms. The molecule has 2 amide bonds. The Kier molecular flexibility index (Phi) is 4.46. The SMILES string of the molecule is CC(C)=CNC(=O)NCC1CCCO1. The molecule has 4 nitrogen and oxygen atoms in total. The molecule has 0 aromatic carbocycles. The molecule has 1 saturated heterocycles. The molecule has 0 aliphatic carbocycles. The fourth-order valence-electron chi connectivity index (χ4n) is 1.27. The Hall–Kier alpha value is -1.03. The van der Waals surface area contributed by atoms with Gasteiger partial charge in [0.15, 0.2) is 0 Å². The maximum atomic E-state index is 11.2. The van der Waals surface area contributed by atoms with Crippen LogP contribution < -0.4 is 10.6 Å². The molecule has 0 bridgehead atoms. The normalized spacial score (nSPS) is 20.3. The highest BCUT2D eigenvalue weighted by Crippen LogP contribution is 2.10. The summed E-state index contributed by atoms with van der Waals surface area (Å²) in [5.74, 6) is 0. The maximum Gasteiger partial charge on any atom is 0.318 e. The number of allylic oxidation sites excluding steroid dienone is 1. The van der Waals surface area contributed by atoms with Crippen LogP contribution in [-0.2, 0) is 4.74 Å². The van der Waals surface area contributed by atoms with Gasteiger partial charge in [-0.3, -0.25) is 0 Å². The molecule has 1 aliphatic heterocycles. The predicted octanol–water partition coefficient (Wildman–Crippen LogP) is 1.39. The summed E-state index contributed by atoms with van der Waals surface area (Å²) in [6.45, 7) is 5.28. The van der Waals surface area contributed by atoms with Crippen LogP contribution in [0.5, 0.6) is 0 Å². The summed E-state index contributed by atoms with van der Waals surface area (Å²) in [6.07, 6.45) is 4.03. The maximum absolute atomic E-state index is 11.2. The second-order valence-electron chi connectivity index (χ2n) is 3.71. The number of urea groups is 1. The van der Waals surface area contributed by atoms with E-state index in [0.717, 1.165) is 25.0 Å². The first-order valence-corrected chi connectivity index (χ1v) is 4.98. The summed E-state index contributed by atoms with van der Waals surface area (Å²) >= 11 is 0. The summed E-state index contributed by atoms with van der Waals surface area (Å²) in [5, 5.41) is 5.40. The number of carbonyl (C=O) groups is 1. The van der Waals surface area contributed by atoms with Crippen LogP contribution in [-0.4, -0.2) is 25.3 Å². The Balaban J connectivity index is 2.11. The lowest BCUT2D eigenvalue weighted by molar-refractivity contribution is 0.111. The number of hydrogen-bond donors (Lipinski definition) is 2. The Labute approximate surface area is 84.7 Å². The van der Waals surface area contributed by atoms with E-state index in [9.17, 15) is 4.79 Å². The molecule has 0 saturated carbocycles. The van der Waals surface area contributed by atoms with E-state index < -0.39 is 0 Å². The summed E-state index contributed by atoms with van der Waals surface area (Å²) in [4.78, 5) is 11.2. The third-order valence-corrected chi connectivity index (χ3v) is 2.01. The van der Waals surface area contributed by atoms with Gasteiger partial charge in [-0.05, 0) is 26.7 Å². The number of carbonyl (C=O) groups excluding carboxylic acids is 1. The standard InChI is InChI=1S/C10H18N2O2/c1-8(2)6-11-10(13)12-7-9-4-3-5-14-9/h6,9H,3-5,7H2,1-2H3,(H2,11,12,13). The number of ether oxygens (including phenoxy) is 1. The number of rotatable bonds is 3. The van der Waals surface area contributed by atoms with E-state index in [2.05, 4.69) is 10.6 Å². The van der Waals surface area contributed by atoms with Gasteiger partial charge < -0.3 is 15.4 Å². The van der Waals surface area contributed by atoms with Gasteiger partial charge in [0.1, 0.15) is 0 Å². The fraction of sp³-hybridized carbons (Fsp3) is 0.700. The summed E-state index contributed by atoms with van der Waals surface area (Å²) < 4.78 is 5.37. The topological polar surface area (TPSA) is 50.4 Å². The molecule has 1 fully saturated rings. The molecule has 2 N–H and O–H groups in total. The Morgan fingerprint density at radius 1 is 1.57 bits per heavy atom. The van der Waals surface area contributed by atoms with E-state index in [4.69, 9.17) is 4.74 Å². The van der Waals surface area contributed by atoms with Crippen molar-refractivity contribution in [1.29, 1.82) is 0 Å². The zero-order valence-corrected chi connectivity index (χ0v) is 8.80. The molecule has 0 aromatic rings. The summed E-state index contributed by atoms with van der Waals surface area (Å²) in [5.41, 5.74) is 1.07. The zero-order valence-electron chi connectivity index (χ0n) is 8.80. The van der Waals surface area contributed by atoms with Crippen molar-refractivity contribution in [3.63, 3.8) is 0 Å². The Morgan fingerprint density at radius 2 is 2.36 bits per heavy atom. The lowest BCUT2D eigenvalue weighted by atomic mass is 10.2. The third-order valence-electron chi connectivity index (χ3n) is 2.01. The number of hydrogen-bond acceptors (Lipinski definition) is 2. The van der Waals surface area contributed by atoms with Crippen LogP contribution in [0, 0.1) is 0 Å². The first-order valence-electron chi connectivity index (χ1n) is 4.98. The van der Waals surface area contributed by atoms with Gasteiger partial charge >= 0.3 is 6.03 Å². The van der Waals surface area contributed by atoms with Crippen molar-refractivity contribution in [2.24, 2.45) is 0 Å². The highest BCUT2D eigenvalue weighted by atomic mass is 16.5. The second kappa shape index (κ2) is 5.65. The van der Waals surface area contributed by atoms with Crippen LogP contribution in [0.3, 0.4) is 0 Å². The van der Waals surface area contributed by atoms with Crippen LogP contribution in [0.25, 0.3) is 0 Å². The Bertz CT molecular complexity index is 216. The van der Waals surface area contributed by atoms with Crippen molar-refractivity contribution < 1.29 is 9.53 Å². The minimum atomic E-state index is -0.165. The lowest BCUT2D eigenvalue weighted by Crippen LogP contribution is -2.37. The van der Waals surface area contributed by atoms with Crippen molar-refractivity contribution in [3.05, 3.63) is 11.8 Å². The minimum absolute atomic E-state index is 0.165. The fourth-order valence-corrected chi connectivity index (χ4v) is 1.27. The van der Waals surface area contributed by atoms with E-state index in [1.54, 1.807) is 6.20 Å². The molecule has 0 aromatic heterocycles. The van der Waals surface area contributed by atoms with Crippen molar-refractivity contribution in [2.75, 3.05) is 13.2 Å². The molecular weight excluding hydrogens is 180 g/mol. The van der Waals surface area contributed by atoms with Gasteiger partial charge in [-0.1, -0.05) is 5.57 Å². The highest BCUT2D eigenvalue weighted by Gasteiger charge is 2.15. The summed E-state index contributed by atoms with van der Waals surface area (Å²) in [6, 6.07) is -0.165. The van der Waals surface area contributed by atoms with Crippen molar-refractivity contribution >= 4 is 6.03 Å². The first-order chi connectivity index (χ1) is 6.68. The van der Waals surface area contributed by atoms with Crippen LogP contribution in [0.4, 0.5) is 4.79 Å². The summed E-state index contributed by atoms with van der Waals surface area (Å²) in [7, 11) is 0. The van der Waals surface area contributed by atoms with Gasteiger partial charge in [0.05, 0.1) is 6.10 Å². The monoisotopic (exact) mass is 198 g/mol. The highest BCUT2D eigenvalue weighted by molar-refractivity contribution is 5.74. The molecular formula is C10H18N2O2. The minimum Gasteiger partial charge on any atom is -0.376 e. The molecule has 80 valence electrons. The van der Waals surface area contributed by atoms with E-state index in [-0.39, 0.29) is 12.1 Å². The molecule has 1 unspecified atom stereocenters. The second-order valence-corrected chi connectivity index (χ2v) is 3.71. The molecule has 4 heteroatoms. The van der Waals surface area contributed by atoms with Crippen molar-refractivity contribution in [3.8, 4) is 0 Å². The Morgan fingerprint density at radius 3 is 2.93 bits per heavy atom. The van der Waals surface area contributed by atoms with Gasteiger partial charge in [0.25, 0.3) is 0 Å². The average molecular weight is 198 g/mol. The average Bonchev–Trinajstić information content (AvgIpc) is 2.63. The molecule has 1 heterocycles. The van der Waals surface area contributed by atoms with E-state index in [1.807, 2.05) is 13.8 Å². The quantitative estimate of drug-likeness (QED) is 0.720. The molecule has 1 rings (SSSR count). The molecule has 1 aliphatic rings. The van der Waals surface area contributed by atoms with Crippen LogP contribution >= 0.6 is 0 Å².